The minimum Gasteiger partial charge on any atom is -0.477 e. The molecule has 1 aliphatic rings. The standard InChI is InChI=1S/C23H23N3O4.C2H6/c1-6-18-20-17(11-12(2)24-21(20)23(28)29)13(3)26(18)16-9-7-15(8-10-16)19-14(4)30-25(5)22(19)27;1-2/h7-11,18H,3,6H2,1-2,4-5H3,(H,28,29);1-2H3. The van der Waals surface area contributed by atoms with Gasteiger partial charge in [-0.25, -0.2) is 9.78 Å². The first-order chi connectivity index (χ1) is 15.2. The van der Waals surface area contributed by atoms with Crippen LogP contribution in [0.4, 0.5) is 5.69 Å². The second-order valence-corrected chi connectivity index (χ2v) is 7.49. The van der Waals surface area contributed by atoms with Gasteiger partial charge in [0.15, 0.2) is 5.69 Å². The van der Waals surface area contributed by atoms with Gasteiger partial charge < -0.3 is 14.5 Å². The molecule has 1 unspecified atom stereocenters. The van der Waals surface area contributed by atoms with Crippen molar-refractivity contribution in [2.24, 2.45) is 7.05 Å². The second kappa shape index (κ2) is 8.86. The van der Waals surface area contributed by atoms with Crippen LogP contribution in [0.1, 0.15) is 66.3 Å². The van der Waals surface area contributed by atoms with E-state index >= 15 is 0 Å². The van der Waals surface area contributed by atoms with Crippen LogP contribution in [-0.4, -0.2) is 20.8 Å². The Bertz CT molecular complexity index is 1240. The van der Waals surface area contributed by atoms with Crippen LogP contribution in [0.25, 0.3) is 16.8 Å². The van der Waals surface area contributed by atoms with Gasteiger partial charge >= 0.3 is 5.97 Å². The average molecular weight is 436 g/mol. The Balaban J connectivity index is 0.00000141. The zero-order valence-electron chi connectivity index (χ0n) is 19.4. The molecule has 0 bridgehead atoms. The number of carbonyl (C=O) groups is 1. The van der Waals surface area contributed by atoms with E-state index in [1.165, 1.54) is 4.74 Å². The van der Waals surface area contributed by atoms with E-state index in [9.17, 15) is 14.7 Å². The van der Waals surface area contributed by atoms with E-state index in [0.717, 1.165) is 22.5 Å². The van der Waals surface area contributed by atoms with Crippen molar-refractivity contribution in [3.8, 4) is 11.1 Å². The van der Waals surface area contributed by atoms with Gasteiger partial charge in [-0.2, -0.15) is 4.74 Å². The zero-order chi connectivity index (χ0) is 23.7. The minimum absolute atomic E-state index is 0.0784. The fourth-order valence-corrected chi connectivity index (χ4v) is 4.31. The summed E-state index contributed by atoms with van der Waals surface area (Å²) in [5, 5.41) is 9.70. The number of hydrogen-bond donors (Lipinski definition) is 1. The first kappa shape index (κ1) is 23.1. The number of fused-ring (bicyclic) bond motifs is 1. The van der Waals surface area contributed by atoms with Gasteiger partial charge in [0.1, 0.15) is 5.76 Å². The number of pyridine rings is 1. The molecule has 0 fully saturated rings. The van der Waals surface area contributed by atoms with Gasteiger partial charge in [-0.1, -0.05) is 39.5 Å². The van der Waals surface area contributed by atoms with Crippen molar-refractivity contribution < 1.29 is 14.4 Å². The predicted octanol–water partition coefficient (Wildman–Crippen LogP) is 5.32. The number of hydrogen-bond acceptors (Lipinski definition) is 5. The third-order valence-corrected chi connectivity index (χ3v) is 5.58. The normalized spacial score (nSPS) is 14.8. The third kappa shape index (κ3) is 3.64. The molecule has 32 heavy (non-hydrogen) atoms. The quantitative estimate of drug-likeness (QED) is 0.596. The second-order valence-electron chi connectivity index (χ2n) is 7.49. The summed E-state index contributed by atoms with van der Waals surface area (Å²) in [6, 6.07) is 9.29. The van der Waals surface area contributed by atoms with Crippen molar-refractivity contribution in [2.75, 3.05) is 4.90 Å². The lowest BCUT2D eigenvalue weighted by Gasteiger charge is -2.27. The van der Waals surface area contributed by atoms with Gasteiger partial charge in [0.05, 0.1) is 11.6 Å². The third-order valence-electron chi connectivity index (χ3n) is 5.58. The molecule has 1 aromatic carbocycles. The van der Waals surface area contributed by atoms with Gasteiger partial charge in [-0.05, 0) is 44.0 Å². The Morgan fingerprint density at radius 1 is 1.22 bits per heavy atom. The maximum Gasteiger partial charge on any atom is 0.354 e. The number of aromatic nitrogens is 2. The van der Waals surface area contributed by atoms with E-state index in [4.69, 9.17) is 4.52 Å². The van der Waals surface area contributed by atoms with E-state index in [-0.39, 0.29) is 17.3 Å². The Labute approximate surface area is 187 Å². The average Bonchev–Trinajstić information content (AvgIpc) is 3.20. The lowest BCUT2D eigenvalue weighted by Crippen LogP contribution is -2.21. The van der Waals surface area contributed by atoms with Crippen LogP contribution in [-0.2, 0) is 7.05 Å². The highest BCUT2D eigenvalue weighted by Crippen LogP contribution is 2.46. The zero-order valence-corrected chi connectivity index (χ0v) is 19.4. The van der Waals surface area contributed by atoms with E-state index in [2.05, 4.69) is 11.6 Å². The lowest BCUT2D eigenvalue weighted by molar-refractivity contribution is 0.0688. The molecule has 0 saturated heterocycles. The maximum atomic E-state index is 12.3. The summed E-state index contributed by atoms with van der Waals surface area (Å²) in [6.07, 6.45) is 0.695. The van der Waals surface area contributed by atoms with Crippen LogP contribution >= 0.6 is 0 Å². The number of benzene rings is 1. The summed E-state index contributed by atoms with van der Waals surface area (Å²) in [5.41, 5.74) is 4.97. The van der Waals surface area contributed by atoms with Crippen molar-refractivity contribution in [3.05, 3.63) is 75.5 Å². The van der Waals surface area contributed by atoms with Crippen LogP contribution in [0.2, 0.25) is 0 Å². The lowest BCUT2D eigenvalue weighted by atomic mass is 9.99. The highest BCUT2D eigenvalue weighted by molar-refractivity contribution is 5.94. The van der Waals surface area contributed by atoms with E-state index in [1.54, 1.807) is 20.9 Å². The largest absolute Gasteiger partial charge is 0.477 e. The monoisotopic (exact) mass is 435 g/mol. The molecule has 3 aromatic rings. The van der Waals surface area contributed by atoms with Gasteiger partial charge in [0, 0.05) is 35.3 Å². The van der Waals surface area contributed by atoms with Crippen molar-refractivity contribution in [1.82, 2.24) is 9.72 Å². The molecular formula is C25H29N3O4. The van der Waals surface area contributed by atoms with Crippen LogP contribution in [0.3, 0.4) is 0 Å². The molecule has 0 spiro atoms. The van der Waals surface area contributed by atoms with Crippen LogP contribution in [0.5, 0.6) is 0 Å². The van der Waals surface area contributed by atoms with E-state index in [1.807, 2.05) is 56.0 Å². The van der Waals surface area contributed by atoms with Crippen molar-refractivity contribution in [2.45, 2.75) is 47.1 Å². The minimum atomic E-state index is -1.04. The molecule has 0 radical (unpaired) electrons. The summed E-state index contributed by atoms with van der Waals surface area (Å²) in [7, 11) is 1.58. The molecule has 0 amide bonds. The van der Waals surface area contributed by atoms with Crippen LogP contribution in [0.15, 0.2) is 46.2 Å². The van der Waals surface area contributed by atoms with E-state index < -0.39 is 5.97 Å². The number of rotatable bonds is 4. The van der Waals surface area contributed by atoms with Gasteiger partial charge in [-0.15, -0.1) is 0 Å². The summed E-state index contributed by atoms with van der Waals surface area (Å²) in [4.78, 5) is 30.5. The molecule has 1 aliphatic heterocycles. The first-order valence-electron chi connectivity index (χ1n) is 10.7. The Hall–Kier alpha value is -3.61. The molecule has 0 aliphatic carbocycles. The molecule has 0 saturated carbocycles. The first-order valence-corrected chi connectivity index (χ1v) is 10.7. The van der Waals surface area contributed by atoms with Crippen molar-refractivity contribution in [1.29, 1.82) is 0 Å². The Morgan fingerprint density at radius 3 is 2.34 bits per heavy atom. The maximum absolute atomic E-state index is 12.3. The van der Waals surface area contributed by atoms with Gasteiger partial charge in [-0.3, -0.25) is 4.79 Å². The number of carboxylic acids is 1. The molecule has 1 N–H and O–H groups in total. The summed E-state index contributed by atoms with van der Waals surface area (Å²) >= 11 is 0. The van der Waals surface area contributed by atoms with Gasteiger partial charge in [0.25, 0.3) is 5.56 Å². The number of aromatic carboxylic acids is 1. The van der Waals surface area contributed by atoms with Crippen LogP contribution < -0.4 is 10.5 Å². The topological polar surface area (TPSA) is 88.6 Å². The number of nitrogens with zero attached hydrogens (tertiary/aromatic N) is 3. The highest BCUT2D eigenvalue weighted by atomic mass is 16.5. The molecule has 3 heterocycles. The molecule has 2 aromatic heterocycles. The summed E-state index contributed by atoms with van der Waals surface area (Å²) in [6.45, 7) is 13.8. The molecule has 7 heteroatoms. The smallest absolute Gasteiger partial charge is 0.354 e. The highest BCUT2D eigenvalue weighted by Gasteiger charge is 2.37. The fraction of sp³-hybridized carbons (Fsp3) is 0.320. The molecule has 4 rings (SSSR count). The number of carboxylic acid groups (broad SMARTS) is 1. The van der Waals surface area contributed by atoms with Gasteiger partial charge in [0.2, 0.25) is 0 Å². The van der Waals surface area contributed by atoms with Crippen LogP contribution in [0, 0.1) is 13.8 Å². The molecule has 7 nitrogen and oxygen atoms in total. The van der Waals surface area contributed by atoms with Crippen molar-refractivity contribution in [3.63, 3.8) is 0 Å². The molecule has 168 valence electrons. The van der Waals surface area contributed by atoms with E-state index in [0.29, 0.717) is 29.0 Å². The number of aryl methyl sites for hydroxylation is 3. The molecular weight excluding hydrogens is 406 g/mol. The molecule has 1 atom stereocenters. The summed E-state index contributed by atoms with van der Waals surface area (Å²) < 4.78 is 6.60. The summed E-state index contributed by atoms with van der Waals surface area (Å²) in [5.74, 6) is -0.475. The Kier molecular flexibility index (Phi) is 6.39. The predicted molar refractivity (Wildman–Crippen MR) is 126 cm³/mol. The SMILES string of the molecule is C=C1c2cc(C)nc(C(=O)O)c2C(CC)N1c1ccc(-c2c(C)on(C)c2=O)cc1.CC. The number of anilines is 1. The fourth-order valence-electron chi connectivity index (χ4n) is 4.31. The van der Waals surface area contributed by atoms with Crippen molar-refractivity contribution >= 4 is 17.4 Å². The Morgan fingerprint density at radius 2 is 1.84 bits per heavy atom.